The maximum absolute atomic E-state index is 11.8. The van der Waals surface area contributed by atoms with E-state index in [0.717, 1.165) is 4.68 Å². The van der Waals surface area contributed by atoms with Crippen LogP contribution in [0, 0.1) is 0 Å². The molecule has 4 N–H and O–H groups in total. The molecule has 0 radical (unpaired) electrons. The van der Waals surface area contributed by atoms with Crippen LogP contribution in [-0.2, 0) is 9.53 Å². The molecular formula is C10H15N5O4. The van der Waals surface area contributed by atoms with Gasteiger partial charge >= 0.3 is 5.69 Å². The average molecular weight is 269 g/mol. The molecular weight excluding hydrogens is 254 g/mol. The molecule has 0 saturated carbocycles. The molecule has 0 aromatic carbocycles. The van der Waals surface area contributed by atoms with Gasteiger partial charge in [-0.2, -0.15) is 14.8 Å². The molecule has 0 aliphatic carbocycles. The number of aliphatic hydroxyl groups is 1. The SMILES string of the molecule is NC(=O)CNc1cnn(C2CCC(CO)O2)c(=O)n1. The summed E-state index contributed by atoms with van der Waals surface area (Å²) < 4.78 is 6.55. The molecule has 2 rings (SSSR count). The topological polar surface area (TPSA) is 132 Å². The van der Waals surface area contributed by atoms with Gasteiger partial charge in [-0.05, 0) is 12.8 Å². The molecule has 0 bridgehead atoms. The number of primary amides is 1. The number of ether oxygens (including phenoxy) is 1. The highest BCUT2D eigenvalue weighted by atomic mass is 16.5. The molecule has 0 spiro atoms. The number of anilines is 1. The fraction of sp³-hybridized carbons (Fsp3) is 0.600. The third kappa shape index (κ3) is 3.26. The number of nitrogens with zero attached hydrogens (tertiary/aromatic N) is 3. The standard InChI is InChI=1S/C10H15N5O4/c11-7(17)3-12-8-4-13-15(10(18)14-8)9-2-1-6(5-16)19-9/h4,6,9,16H,1-3,5H2,(H2,11,17)(H,12,14,18). The molecule has 1 fully saturated rings. The minimum absolute atomic E-state index is 0.0864. The molecule has 1 aromatic rings. The Bertz CT molecular complexity index is 517. The van der Waals surface area contributed by atoms with E-state index in [4.69, 9.17) is 15.6 Å². The molecule has 2 unspecified atom stereocenters. The number of hydrogen-bond donors (Lipinski definition) is 3. The van der Waals surface area contributed by atoms with E-state index in [2.05, 4.69) is 15.4 Å². The van der Waals surface area contributed by atoms with Crippen molar-refractivity contribution < 1.29 is 14.6 Å². The molecule has 2 heterocycles. The maximum atomic E-state index is 11.8. The van der Waals surface area contributed by atoms with E-state index < -0.39 is 17.8 Å². The molecule has 1 amide bonds. The number of amides is 1. The van der Waals surface area contributed by atoms with Gasteiger partial charge in [0, 0.05) is 0 Å². The van der Waals surface area contributed by atoms with Crippen molar-refractivity contribution in [1.29, 1.82) is 0 Å². The number of carbonyl (C=O) groups excluding carboxylic acids is 1. The van der Waals surface area contributed by atoms with E-state index >= 15 is 0 Å². The molecule has 104 valence electrons. The van der Waals surface area contributed by atoms with Gasteiger partial charge in [0.05, 0.1) is 25.5 Å². The summed E-state index contributed by atoms with van der Waals surface area (Å²) in [6.07, 6.45) is 1.79. The van der Waals surface area contributed by atoms with Gasteiger partial charge in [-0.15, -0.1) is 0 Å². The number of hydrogen-bond acceptors (Lipinski definition) is 7. The van der Waals surface area contributed by atoms with Crippen LogP contribution in [0.3, 0.4) is 0 Å². The average Bonchev–Trinajstić information content (AvgIpc) is 2.85. The van der Waals surface area contributed by atoms with Crippen molar-refractivity contribution in [2.24, 2.45) is 5.73 Å². The number of carbonyl (C=O) groups is 1. The summed E-state index contributed by atoms with van der Waals surface area (Å²) in [6, 6.07) is 0. The number of aliphatic hydroxyl groups excluding tert-OH is 1. The van der Waals surface area contributed by atoms with Gasteiger partial charge in [0.25, 0.3) is 0 Å². The van der Waals surface area contributed by atoms with Crippen molar-refractivity contribution in [3.8, 4) is 0 Å². The zero-order chi connectivity index (χ0) is 13.8. The highest BCUT2D eigenvalue weighted by molar-refractivity contribution is 5.78. The first-order valence-corrected chi connectivity index (χ1v) is 5.84. The molecule has 1 aromatic heterocycles. The van der Waals surface area contributed by atoms with E-state index in [1.54, 1.807) is 0 Å². The van der Waals surface area contributed by atoms with Crippen molar-refractivity contribution in [2.75, 3.05) is 18.5 Å². The second-order valence-corrected chi connectivity index (χ2v) is 4.16. The van der Waals surface area contributed by atoms with Crippen LogP contribution in [0.4, 0.5) is 5.82 Å². The Balaban J connectivity index is 2.07. The summed E-state index contributed by atoms with van der Waals surface area (Å²) >= 11 is 0. The van der Waals surface area contributed by atoms with Crippen molar-refractivity contribution in [3.05, 3.63) is 16.7 Å². The monoisotopic (exact) mass is 269 g/mol. The van der Waals surface area contributed by atoms with E-state index in [1.165, 1.54) is 6.20 Å². The lowest BCUT2D eigenvalue weighted by atomic mass is 10.2. The van der Waals surface area contributed by atoms with Gasteiger partial charge in [0.2, 0.25) is 5.91 Å². The smallest absolute Gasteiger partial charge is 0.368 e. The Morgan fingerprint density at radius 3 is 3.00 bits per heavy atom. The Hall–Kier alpha value is -2.00. The minimum atomic E-state index is -0.585. The number of nitrogens with two attached hydrogens (primary N) is 1. The van der Waals surface area contributed by atoms with Gasteiger partial charge in [0.1, 0.15) is 0 Å². The summed E-state index contributed by atoms with van der Waals surface area (Å²) in [5.74, 6) is -0.382. The predicted molar refractivity (Wildman–Crippen MR) is 64.2 cm³/mol. The van der Waals surface area contributed by atoms with Crippen LogP contribution in [0.25, 0.3) is 0 Å². The summed E-state index contributed by atoms with van der Waals surface area (Å²) in [5, 5.41) is 15.5. The third-order valence-corrected chi connectivity index (χ3v) is 2.72. The minimum Gasteiger partial charge on any atom is -0.394 e. The van der Waals surface area contributed by atoms with Gasteiger partial charge in [-0.3, -0.25) is 4.79 Å². The highest BCUT2D eigenvalue weighted by Gasteiger charge is 2.27. The Labute approximate surface area is 108 Å². The van der Waals surface area contributed by atoms with Crippen LogP contribution >= 0.6 is 0 Å². The zero-order valence-corrected chi connectivity index (χ0v) is 10.2. The Morgan fingerprint density at radius 2 is 2.42 bits per heavy atom. The number of rotatable bonds is 5. The number of aromatic nitrogens is 3. The normalized spacial score (nSPS) is 22.4. The van der Waals surface area contributed by atoms with Crippen molar-refractivity contribution in [1.82, 2.24) is 14.8 Å². The first kappa shape index (κ1) is 13.4. The van der Waals surface area contributed by atoms with Crippen LogP contribution < -0.4 is 16.7 Å². The summed E-state index contributed by atoms with van der Waals surface area (Å²) in [6.45, 7) is -0.207. The second-order valence-electron chi connectivity index (χ2n) is 4.16. The van der Waals surface area contributed by atoms with Crippen LogP contribution in [0.2, 0.25) is 0 Å². The molecule has 19 heavy (non-hydrogen) atoms. The number of nitrogens with one attached hydrogen (secondary N) is 1. The predicted octanol–water partition coefficient (Wildman–Crippen LogP) is -1.79. The molecule has 1 saturated heterocycles. The van der Waals surface area contributed by atoms with Crippen molar-refractivity contribution in [2.45, 2.75) is 25.2 Å². The van der Waals surface area contributed by atoms with Crippen LogP contribution in [0.5, 0.6) is 0 Å². The van der Waals surface area contributed by atoms with Crippen LogP contribution in [0.1, 0.15) is 19.1 Å². The lowest BCUT2D eigenvalue weighted by molar-refractivity contribution is -0.116. The van der Waals surface area contributed by atoms with Gasteiger partial charge in [0.15, 0.2) is 12.0 Å². The highest BCUT2D eigenvalue weighted by Crippen LogP contribution is 2.25. The van der Waals surface area contributed by atoms with Gasteiger partial charge < -0.3 is 20.9 Å². The van der Waals surface area contributed by atoms with Crippen molar-refractivity contribution >= 4 is 11.7 Å². The first-order chi connectivity index (χ1) is 9.10. The third-order valence-electron chi connectivity index (χ3n) is 2.72. The van der Waals surface area contributed by atoms with Crippen molar-refractivity contribution in [3.63, 3.8) is 0 Å². The van der Waals surface area contributed by atoms with Gasteiger partial charge in [-0.25, -0.2) is 4.79 Å². The Morgan fingerprint density at radius 1 is 1.63 bits per heavy atom. The molecule has 2 atom stereocenters. The largest absolute Gasteiger partial charge is 0.394 e. The fourth-order valence-electron chi connectivity index (χ4n) is 1.81. The van der Waals surface area contributed by atoms with Crippen LogP contribution in [-0.4, -0.2) is 45.0 Å². The first-order valence-electron chi connectivity index (χ1n) is 5.84. The second kappa shape index (κ2) is 5.76. The molecule has 1 aliphatic heterocycles. The molecule has 9 nitrogen and oxygen atoms in total. The zero-order valence-electron chi connectivity index (χ0n) is 10.2. The quantitative estimate of drug-likeness (QED) is 0.574. The summed E-state index contributed by atoms with van der Waals surface area (Å²) in [4.78, 5) is 26.1. The molecule has 1 aliphatic rings. The lowest BCUT2D eigenvalue weighted by Crippen LogP contribution is -2.31. The fourth-order valence-corrected chi connectivity index (χ4v) is 1.81. The Kier molecular flexibility index (Phi) is 4.07. The van der Waals surface area contributed by atoms with Crippen LogP contribution in [0.15, 0.2) is 11.0 Å². The molecule has 9 heteroatoms. The van der Waals surface area contributed by atoms with E-state index in [9.17, 15) is 9.59 Å². The maximum Gasteiger partial charge on any atom is 0.368 e. The van der Waals surface area contributed by atoms with E-state index in [0.29, 0.717) is 12.8 Å². The van der Waals surface area contributed by atoms with E-state index in [1.807, 2.05) is 0 Å². The lowest BCUT2D eigenvalue weighted by Gasteiger charge is -2.13. The van der Waals surface area contributed by atoms with Gasteiger partial charge in [-0.1, -0.05) is 0 Å². The summed E-state index contributed by atoms with van der Waals surface area (Å²) in [7, 11) is 0. The summed E-state index contributed by atoms with van der Waals surface area (Å²) in [5.41, 5.74) is 4.38. The van der Waals surface area contributed by atoms with E-state index in [-0.39, 0.29) is 25.1 Å².